The van der Waals surface area contributed by atoms with Gasteiger partial charge in [-0.25, -0.2) is 0 Å². The molecule has 0 saturated heterocycles. The maximum atomic E-state index is 13.0. The molecule has 0 aliphatic heterocycles. The maximum Gasteiger partial charge on any atom is 0.268 e. The molecule has 0 aliphatic rings. The van der Waals surface area contributed by atoms with Crippen LogP contribution in [0, 0.1) is 0 Å². The number of aliphatic hydroxyl groups is 1. The number of quaternary nitrogens is 1. The Labute approximate surface area is 487 Å². The summed E-state index contributed by atoms with van der Waals surface area (Å²) in [5.74, 6) is -0.189. The van der Waals surface area contributed by atoms with E-state index in [1.165, 1.54) is 302 Å². The summed E-state index contributed by atoms with van der Waals surface area (Å²) in [4.78, 5) is 25.6. The number of amides is 1. The molecule has 0 heterocycles. The molecule has 8 nitrogen and oxygen atoms in total. The SMILES string of the molecule is CCCCCCCCCC/C=C\CCCCCCCCCCCCCCCCCCCCCCCCCCCCCC(=O)NC(COP(=O)([O-])OCC[N+](C)(C)C)C(O)/C=C/CCCCCCCCCCCCCCCCC. The number of phosphoric acid groups is 1. The first kappa shape index (κ1) is 77.0. The number of nitrogens with one attached hydrogen (secondary N) is 1. The van der Waals surface area contributed by atoms with Crippen molar-refractivity contribution in [1.29, 1.82) is 0 Å². The molecule has 0 aromatic rings. The van der Waals surface area contributed by atoms with Crippen LogP contribution in [0.15, 0.2) is 24.3 Å². The van der Waals surface area contributed by atoms with Crippen molar-refractivity contribution in [3.8, 4) is 0 Å². The summed E-state index contributed by atoms with van der Waals surface area (Å²) >= 11 is 0. The number of likely N-dealkylation sites (N-methyl/N-ethyl adjacent to an activating group) is 1. The molecule has 0 spiro atoms. The third-order valence-electron chi connectivity index (χ3n) is 16.2. The minimum atomic E-state index is -4.60. The number of rotatable bonds is 65. The van der Waals surface area contributed by atoms with Gasteiger partial charge in [0.05, 0.1) is 39.9 Å². The van der Waals surface area contributed by atoms with Crippen molar-refractivity contribution in [2.24, 2.45) is 0 Å². The molecule has 0 rings (SSSR count). The zero-order valence-corrected chi connectivity index (χ0v) is 54.0. The molecular weight excluding hydrogens is 984 g/mol. The first-order valence-electron chi connectivity index (χ1n) is 34.7. The van der Waals surface area contributed by atoms with Crippen LogP contribution >= 0.6 is 7.82 Å². The summed E-state index contributed by atoms with van der Waals surface area (Å²) < 4.78 is 23.4. The van der Waals surface area contributed by atoms with E-state index in [-0.39, 0.29) is 19.1 Å². The lowest BCUT2D eigenvalue weighted by Gasteiger charge is -2.29. The van der Waals surface area contributed by atoms with E-state index in [1.807, 2.05) is 27.2 Å². The fourth-order valence-electron chi connectivity index (χ4n) is 10.7. The molecule has 1 amide bonds. The Bertz CT molecular complexity index is 1320. The summed E-state index contributed by atoms with van der Waals surface area (Å²) in [5.41, 5.74) is 0. The van der Waals surface area contributed by atoms with Gasteiger partial charge in [0.25, 0.3) is 7.82 Å². The summed E-state index contributed by atoms with van der Waals surface area (Å²) in [6.45, 7) is 4.70. The lowest BCUT2D eigenvalue weighted by atomic mass is 10.0. The molecule has 0 radical (unpaired) electrons. The molecule has 2 N–H and O–H groups in total. The van der Waals surface area contributed by atoms with Crippen LogP contribution in [0.2, 0.25) is 0 Å². The van der Waals surface area contributed by atoms with E-state index in [9.17, 15) is 19.4 Å². The Balaban J connectivity index is 3.89. The third kappa shape index (κ3) is 62.6. The van der Waals surface area contributed by atoms with E-state index in [2.05, 4.69) is 31.3 Å². The summed E-state index contributed by atoms with van der Waals surface area (Å²) in [6, 6.07) is -0.884. The van der Waals surface area contributed by atoms with Gasteiger partial charge in [-0.1, -0.05) is 334 Å². The van der Waals surface area contributed by atoms with Gasteiger partial charge >= 0.3 is 0 Å². The van der Waals surface area contributed by atoms with Crippen LogP contribution in [0.5, 0.6) is 0 Å². The third-order valence-corrected chi connectivity index (χ3v) is 17.1. The fourth-order valence-corrected chi connectivity index (χ4v) is 11.5. The Kier molecular flexibility index (Phi) is 59.8. The summed E-state index contributed by atoms with van der Waals surface area (Å²) in [6.07, 6.45) is 78.8. The smallest absolute Gasteiger partial charge is 0.268 e. The Morgan fingerprint density at radius 1 is 0.436 bits per heavy atom. The average molecular weight is 1120 g/mol. The van der Waals surface area contributed by atoms with Crippen molar-refractivity contribution in [3.05, 3.63) is 24.3 Å². The highest BCUT2D eigenvalue weighted by atomic mass is 31.2. The molecule has 0 aromatic carbocycles. The van der Waals surface area contributed by atoms with Gasteiger partial charge in [0, 0.05) is 6.42 Å². The normalized spacial score (nSPS) is 13.8. The van der Waals surface area contributed by atoms with Crippen LogP contribution in [0.3, 0.4) is 0 Å². The van der Waals surface area contributed by atoms with Crippen LogP contribution in [-0.4, -0.2) is 68.5 Å². The van der Waals surface area contributed by atoms with Gasteiger partial charge in [-0.05, 0) is 44.9 Å². The Morgan fingerprint density at radius 2 is 0.705 bits per heavy atom. The van der Waals surface area contributed by atoms with Crippen molar-refractivity contribution in [2.75, 3.05) is 40.9 Å². The summed E-state index contributed by atoms with van der Waals surface area (Å²) in [7, 11) is 1.28. The minimum Gasteiger partial charge on any atom is -0.756 e. The van der Waals surface area contributed by atoms with Crippen molar-refractivity contribution in [1.82, 2.24) is 5.32 Å². The second kappa shape index (κ2) is 60.6. The van der Waals surface area contributed by atoms with E-state index in [0.717, 1.165) is 38.5 Å². The predicted octanol–water partition coefficient (Wildman–Crippen LogP) is 21.3. The first-order chi connectivity index (χ1) is 38.0. The number of unbranched alkanes of at least 4 members (excludes halogenated alkanes) is 50. The Morgan fingerprint density at radius 3 is 1.00 bits per heavy atom. The van der Waals surface area contributed by atoms with Gasteiger partial charge in [0.2, 0.25) is 5.91 Å². The maximum absolute atomic E-state index is 13.0. The minimum absolute atomic E-state index is 0.00211. The zero-order chi connectivity index (χ0) is 57.0. The van der Waals surface area contributed by atoms with E-state index in [1.54, 1.807) is 6.08 Å². The van der Waals surface area contributed by atoms with Crippen molar-refractivity contribution >= 4 is 13.7 Å². The number of hydrogen-bond donors (Lipinski definition) is 2. The molecule has 3 atom stereocenters. The lowest BCUT2D eigenvalue weighted by Crippen LogP contribution is -2.45. The molecule has 78 heavy (non-hydrogen) atoms. The highest BCUT2D eigenvalue weighted by molar-refractivity contribution is 7.45. The topological polar surface area (TPSA) is 108 Å². The number of carbonyl (C=O) groups is 1. The van der Waals surface area contributed by atoms with E-state index < -0.39 is 20.0 Å². The van der Waals surface area contributed by atoms with E-state index >= 15 is 0 Å². The average Bonchev–Trinajstić information content (AvgIpc) is 3.40. The van der Waals surface area contributed by atoms with E-state index in [4.69, 9.17) is 9.05 Å². The van der Waals surface area contributed by atoms with Crippen molar-refractivity contribution < 1.29 is 32.9 Å². The summed E-state index contributed by atoms with van der Waals surface area (Å²) in [5, 5.41) is 13.9. The van der Waals surface area contributed by atoms with Crippen molar-refractivity contribution in [3.63, 3.8) is 0 Å². The monoisotopic (exact) mass is 1120 g/mol. The molecule has 0 saturated carbocycles. The number of aliphatic hydroxyl groups excluding tert-OH is 1. The molecule has 0 fully saturated rings. The molecular formula is C69H137N2O6P. The highest BCUT2D eigenvalue weighted by Gasteiger charge is 2.23. The van der Waals surface area contributed by atoms with Crippen LogP contribution < -0.4 is 10.2 Å². The van der Waals surface area contributed by atoms with Crippen LogP contribution in [0.4, 0.5) is 0 Å². The quantitative estimate of drug-likeness (QED) is 0.0272. The first-order valence-corrected chi connectivity index (χ1v) is 36.2. The highest BCUT2D eigenvalue weighted by Crippen LogP contribution is 2.38. The number of allylic oxidation sites excluding steroid dienone is 3. The molecule has 0 bridgehead atoms. The van der Waals surface area contributed by atoms with Gasteiger partial charge in [-0.3, -0.25) is 9.36 Å². The van der Waals surface area contributed by atoms with Gasteiger partial charge in [-0.2, -0.15) is 0 Å². The van der Waals surface area contributed by atoms with Crippen LogP contribution in [-0.2, 0) is 18.4 Å². The number of phosphoric ester groups is 1. The molecule has 3 unspecified atom stereocenters. The molecule has 9 heteroatoms. The van der Waals surface area contributed by atoms with Crippen LogP contribution in [0.25, 0.3) is 0 Å². The lowest BCUT2D eigenvalue weighted by molar-refractivity contribution is -0.870. The molecule has 464 valence electrons. The second-order valence-corrected chi connectivity index (χ2v) is 26.7. The van der Waals surface area contributed by atoms with Gasteiger partial charge in [0.15, 0.2) is 0 Å². The van der Waals surface area contributed by atoms with Crippen molar-refractivity contribution in [2.45, 2.75) is 373 Å². The molecule has 0 aromatic heterocycles. The second-order valence-electron chi connectivity index (χ2n) is 25.2. The largest absolute Gasteiger partial charge is 0.756 e. The number of carbonyl (C=O) groups excluding carboxylic acids is 1. The standard InChI is InChI=1S/C69H137N2O6P/c1-6-8-10-12-14-16-18-20-22-24-25-26-27-28-29-30-31-32-33-34-35-36-37-38-39-40-41-42-43-44-45-47-49-51-53-55-57-59-61-63-69(73)70-67(66-77-78(74,75)76-65-64-71(3,4)5)68(72)62-60-58-56-54-52-50-48-46-23-21-19-17-15-13-11-9-7-2/h24-25,60,62,67-68,72H,6-23,26-59,61,63-66H2,1-5H3,(H-,70,73,74,75)/b25-24-,62-60+. The predicted molar refractivity (Wildman–Crippen MR) is 339 cm³/mol. The van der Waals surface area contributed by atoms with Gasteiger partial charge in [0.1, 0.15) is 13.2 Å². The number of nitrogens with zero attached hydrogens (tertiary/aromatic N) is 1. The van der Waals surface area contributed by atoms with E-state index in [0.29, 0.717) is 17.4 Å². The number of hydrogen-bond acceptors (Lipinski definition) is 6. The zero-order valence-electron chi connectivity index (χ0n) is 53.2. The Hall–Kier alpha value is -1.02. The van der Waals surface area contributed by atoms with Crippen LogP contribution in [0.1, 0.15) is 361 Å². The molecule has 0 aliphatic carbocycles. The fraction of sp³-hybridized carbons (Fsp3) is 0.928. The van der Waals surface area contributed by atoms with Gasteiger partial charge in [-0.15, -0.1) is 0 Å². The van der Waals surface area contributed by atoms with Gasteiger partial charge < -0.3 is 28.8 Å².